The van der Waals surface area contributed by atoms with Crippen LogP contribution >= 0.6 is 0 Å². The lowest BCUT2D eigenvalue weighted by Gasteiger charge is -2.44. The van der Waals surface area contributed by atoms with Gasteiger partial charge in [-0.05, 0) is 50.3 Å². The van der Waals surface area contributed by atoms with Gasteiger partial charge in [-0.3, -0.25) is 14.5 Å². The zero-order valence-corrected chi connectivity index (χ0v) is 21.1. The molecule has 188 valence electrons. The molecule has 1 atom stereocenters. The molecule has 2 amide bonds. The topological polar surface area (TPSA) is 56.3 Å². The highest BCUT2D eigenvalue weighted by Gasteiger charge is 2.44. The van der Waals surface area contributed by atoms with Crippen molar-refractivity contribution in [3.8, 4) is 5.75 Å². The second-order valence-corrected chi connectivity index (χ2v) is 10.3. The van der Waals surface area contributed by atoms with Crippen LogP contribution in [0.15, 0.2) is 24.3 Å². The Bertz CT molecular complexity index is 839. The number of rotatable bonds is 3. The summed E-state index contributed by atoms with van der Waals surface area (Å²) in [5.74, 6) is 1.30. The summed E-state index contributed by atoms with van der Waals surface area (Å²) in [7, 11) is 1.89. The number of aryl methyl sites for hydroxylation is 1. The van der Waals surface area contributed by atoms with Gasteiger partial charge in [0.05, 0.1) is 18.5 Å². The number of para-hydroxylation sites is 1. The molecule has 7 heteroatoms. The number of carbonyl (C=O) groups excluding carboxylic acids is 2. The summed E-state index contributed by atoms with van der Waals surface area (Å²) in [6, 6.07) is 8.24. The summed E-state index contributed by atoms with van der Waals surface area (Å²) in [5.41, 5.74) is 0.775. The van der Waals surface area contributed by atoms with E-state index in [0.717, 1.165) is 83.5 Å². The van der Waals surface area contributed by atoms with Gasteiger partial charge in [0.1, 0.15) is 12.4 Å². The Balaban J connectivity index is 1.42. The lowest BCUT2D eigenvalue weighted by molar-refractivity contribution is -0.149. The van der Waals surface area contributed by atoms with Gasteiger partial charge in [-0.25, -0.2) is 0 Å². The first-order chi connectivity index (χ1) is 16.5. The molecule has 0 aromatic heterocycles. The van der Waals surface area contributed by atoms with E-state index in [1.165, 1.54) is 5.56 Å². The van der Waals surface area contributed by atoms with E-state index < -0.39 is 5.41 Å². The first-order valence-corrected chi connectivity index (χ1v) is 13.2. The van der Waals surface area contributed by atoms with Crippen LogP contribution in [0.1, 0.15) is 44.6 Å². The Morgan fingerprint density at radius 3 is 2.50 bits per heavy atom. The predicted octanol–water partition coefficient (Wildman–Crippen LogP) is 2.50. The second kappa shape index (κ2) is 11.5. The quantitative estimate of drug-likeness (QED) is 0.680. The number of piperidine rings is 1. The van der Waals surface area contributed by atoms with E-state index in [4.69, 9.17) is 4.74 Å². The van der Waals surface area contributed by atoms with Gasteiger partial charge in [0.2, 0.25) is 11.8 Å². The molecule has 3 aliphatic heterocycles. The number of hydrogen-bond donors (Lipinski definition) is 0. The van der Waals surface area contributed by atoms with Gasteiger partial charge in [-0.2, -0.15) is 0 Å². The van der Waals surface area contributed by atoms with E-state index >= 15 is 0 Å². The Labute approximate surface area is 205 Å². The maximum atomic E-state index is 13.7. The van der Waals surface area contributed by atoms with Crippen molar-refractivity contribution in [2.45, 2.75) is 45.4 Å². The van der Waals surface area contributed by atoms with Crippen LogP contribution in [-0.2, 0) is 16.0 Å². The molecule has 0 radical (unpaired) electrons. The molecule has 34 heavy (non-hydrogen) atoms. The van der Waals surface area contributed by atoms with Crippen molar-refractivity contribution < 1.29 is 14.3 Å². The number of nitrogens with zero attached hydrogens (tertiary/aromatic N) is 4. The highest BCUT2D eigenvalue weighted by atomic mass is 16.5. The van der Waals surface area contributed by atoms with Crippen molar-refractivity contribution in [1.82, 2.24) is 19.6 Å². The number of fused-ring (bicyclic) bond motifs is 1. The number of carbonyl (C=O) groups is 2. The third-order valence-electron chi connectivity index (χ3n) is 8.01. The van der Waals surface area contributed by atoms with E-state index in [1.54, 1.807) is 0 Å². The molecule has 1 spiro atoms. The molecule has 1 unspecified atom stereocenters. The normalized spacial score (nSPS) is 25.9. The zero-order chi connectivity index (χ0) is 24.0. The number of piperazine rings is 1. The molecule has 0 saturated carbocycles. The summed E-state index contributed by atoms with van der Waals surface area (Å²) in [6.07, 6.45) is 5.57. The average molecular weight is 471 g/mol. The van der Waals surface area contributed by atoms with E-state index in [0.29, 0.717) is 26.2 Å². The summed E-state index contributed by atoms with van der Waals surface area (Å²) < 4.78 is 6.05. The number of hydrogen-bond acceptors (Lipinski definition) is 5. The lowest BCUT2D eigenvalue weighted by Crippen LogP contribution is -2.56. The highest BCUT2D eigenvalue weighted by molar-refractivity contribution is 5.85. The van der Waals surface area contributed by atoms with Crippen molar-refractivity contribution in [3.63, 3.8) is 0 Å². The molecule has 7 nitrogen and oxygen atoms in total. The minimum Gasteiger partial charge on any atom is -0.491 e. The Morgan fingerprint density at radius 1 is 0.971 bits per heavy atom. The van der Waals surface area contributed by atoms with Crippen LogP contribution in [0.2, 0.25) is 0 Å². The van der Waals surface area contributed by atoms with Crippen molar-refractivity contribution >= 4 is 11.8 Å². The molecular weight excluding hydrogens is 428 g/mol. The van der Waals surface area contributed by atoms with E-state index in [2.05, 4.69) is 28.9 Å². The molecule has 1 aromatic rings. The van der Waals surface area contributed by atoms with Crippen molar-refractivity contribution in [2.24, 2.45) is 5.41 Å². The van der Waals surface area contributed by atoms with E-state index in [-0.39, 0.29) is 11.8 Å². The standard InChI is InChI=1S/C27H42N4O3/c1-3-29-15-17-30(18-16-29)21-25(32)31-14-8-13-27(22-31)12-7-6-10-23-9-4-5-11-24(23)34-20-19-28(2)26(27)33/h4-5,9,11H,3,6-8,10,12-22H2,1-2H3. The Kier molecular flexibility index (Phi) is 8.48. The molecule has 4 rings (SSSR count). The number of likely N-dealkylation sites (tertiary alicyclic amines) is 1. The molecule has 0 N–H and O–H groups in total. The number of ether oxygens (including phenoxy) is 1. The van der Waals surface area contributed by atoms with Crippen LogP contribution in [0.3, 0.4) is 0 Å². The van der Waals surface area contributed by atoms with Gasteiger partial charge < -0.3 is 19.4 Å². The van der Waals surface area contributed by atoms with Gasteiger partial charge in [-0.1, -0.05) is 31.5 Å². The predicted molar refractivity (Wildman–Crippen MR) is 134 cm³/mol. The summed E-state index contributed by atoms with van der Waals surface area (Å²) in [6.45, 7) is 10.1. The minimum absolute atomic E-state index is 0.180. The molecule has 2 fully saturated rings. The van der Waals surface area contributed by atoms with E-state index in [1.807, 2.05) is 29.0 Å². The fourth-order valence-electron chi connectivity index (χ4n) is 5.81. The van der Waals surface area contributed by atoms with Crippen molar-refractivity contribution in [1.29, 1.82) is 0 Å². The average Bonchev–Trinajstić information content (AvgIpc) is 2.87. The largest absolute Gasteiger partial charge is 0.491 e. The van der Waals surface area contributed by atoms with Crippen LogP contribution in [0, 0.1) is 5.41 Å². The second-order valence-electron chi connectivity index (χ2n) is 10.3. The van der Waals surface area contributed by atoms with Gasteiger partial charge in [0.15, 0.2) is 0 Å². The van der Waals surface area contributed by atoms with Gasteiger partial charge in [0.25, 0.3) is 0 Å². The smallest absolute Gasteiger partial charge is 0.236 e. The SMILES string of the molecule is CCN1CCN(CC(=O)N2CCCC3(CCCCc4ccccc4OCCN(C)C3=O)C2)CC1. The van der Waals surface area contributed by atoms with E-state index in [9.17, 15) is 9.59 Å². The third kappa shape index (κ3) is 5.92. The zero-order valence-electron chi connectivity index (χ0n) is 21.1. The van der Waals surface area contributed by atoms with Crippen LogP contribution < -0.4 is 4.74 Å². The van der Waals surface area contributed by atoms with Gasteiger partial charge >= 0.3 is 0 Å². The molecule has 3 heterocycles. The van der Waals surface area contributed by atoms with Crippen LogP contribution in [0.4, 0.5) is 0 Å². The van der Waals surface area contributed by atoms with Gasteiger partial charge in [0, 0.05) is 46.3 Å². The van der Waals surface area contributed by atoms with Crippen molar-refractivity contribution in [2.75, 3.05) is 72.6 Å². The van der Waals surface area contributed by atoms with Gasteiger partial charge in [-0.15, -0.1) is 0 Å². The molecule has 0 aliphatic carbocycles. The Morgan fingerprint density at radius 2 is 1.71 bits per heavy atom. The maximum absolute atomic E-state index is 13.7. The number of amides is 2. The van der Waals surface area contributed by atoms with Crippen LogP contribution in [0.5, 0.6) is 5.75 Å². The molecule has 2 saturated heterocycles. The summed E-state index contributed by atoms with van der Waals surface area (Å²) in [4.78, 5) is 35.5. The third-order valence-corrected chi connectivity index (χ3v) is 8.01. The molecular formula is C27H42N4O3. The minimum atomic E-state index is -0.470. The first-order valence-electron chi connectivity index (χ1n) is 13.2. The molecule has 3 aliphatic rings. The van der Waals surface area contributed by atoms with Crippen LogP contribution in [0.25, 0.3) is 0 Å². The molecule has 0 bridgehead atoms. The number of benzene rings is 1. The summed E-state index contributed by atoms with van der Waals surface area (Å²) >= 11 is 0. The lowest BCUT2D eigenvalue weighted by atomic mass is 9.74. The maximum Gasteiger partial charge on any atom is 0.236 e. The monoisotopic (exact) mass is 470 g/mol. The summed E-state index contributed by atoms with van der Waals surface area (Å²) in [5, 5.41) is 0. The fourth-order valence-corrected chi connectivity index (χ4v) is 5.81. The highest BCUT2D eigenvalue weighted by Crippen LogP contribution is 2.38. The Hall–Kier alpha value is -2.12. The molecule has 1 aromatic carbocycles. The first kappa shape index (κ1) is 25.0. The fraction of sp³-hybridized carbons (Fsp3) is 0.704. The van der Waals surface area contributed by atoms with Crippen molar-refractivity contribution in [3.05, 3.63) is 29.8 Å². The number of likely N-dealkylation sites (N-methyl/N-ethyl adjacent to an activating group) is 2. The van der Waals surface area contributed by atoms with Crippen LogP contribution in [-0.4, -0.2) is 104 Å².